The van der Waals surface area contributed by atoms with Gasteiger partial charge < -0.3 is 4.90 Å². The van der Waals surface area contributed by atoms with E-state index in [0.29, 0.717) is 5.25 Å². The molecule has 0 N–H and O–H groups in total. The molecule has 1 fully saturated rings. The number of rotatable bonds is 1. The van der Waals surface area contributed by atoms with Crippen molar-refractivity contribution < 1.29 is 4.79 Å². The van der Waals surface area contributed by atoms with Crippen LogP contribution in [0.4, 0.5) is 0 Å². The molecule has 4 heteroatoms. The summed E-state index contributed by atoms with van der Waals surface area (Å²) in [7, 11) is 0. The molecule has 1 aliphatic rings. The quantitative estimate of drug-likeness (QED) is 0.584. The summed E-state index contributed by atoms with van der Waals surface area (Å²) in [5.74, 6) is 1.24. The van der Waals surface area contributed by atoms with Gasteiger partial charge in [0, 0.05) is 24.1 Å². The van der Waals surface area contributed by atoms with E-state index < -0.39 is 0 Å². The van der Waals surface area contributed by atoms with Gasteiger partial charge in [0.2, 0.25) is 5.91 Å². The monoisotopic (exact) mass is 193 g/mol. The predicted molar refractivity (Wildman–Crippen MR) is 49.2 cm³/mol. The summed E-state index contributed by atoms with van der Waals surface area (Å²) in [6.45, 7) is 3.86. The van der Waals surface area contributed by atoms with Crippen LogP contribution in [0.1, 0.15) is 6.92 Å². The third kappa shape index (κ3) is 2.56. The topological polar surface area (TPSA) is 20.3 Å². The van der Waals surface area contributed by atoms with E-state index in [2.05, 4.69) is 6.92 Å². The van der Waals surface area contributed by atoms with E-state index in [1.165, 1.54) is 0 Å². The zero-order valence-corrected chi connectivity index (χ0v) is 8.12. The highest BCUT2D eigenvalue weighted by Gasteiger charge is 2.19. The number of carbonyl (C=O) groups is 1. The SMILES string of the molecule is CC1CN(C(=O)CCl)CCS1. The Bertz CT molecular complexity index is 153. The van der Waals surface area contributed by atoms with Crippen LogP contribution in [0.5, 0.6) is 0 Å². The minimum Gasteiger partial charge on any atom is -0.340 e. The van der Waals surface area contributed by atoms with Crippen molar-refractivity contribution in [2.24, 2.45) is 0 Å². The molecule has 1 atom stereocenters. The van der Waals surface area contributed by atoms with E-state index in [9.17, 15) is 4.79 Å². The van der Waals surface area contributed by atoms with Crippen LogP contribution in [-0.2, 0) is 4.79 Å². The zero-order valence-electron chi connectivity index (χ0n) is 6.55. The lowest BCUT2D eigenvalue weighted by atomic mass is 10.4. The van der Waals surface area contributed by atoms with Crippen LogP contribution in [-0.4, -0.2) is 40.8 Å². The molecule has 0 aromatic heterocycles. The average Bonchev–Trinajstić information content (AvgIpc) is 2.03. The maximum absolute atomic E-state index is 11.1. The summed E-state index contributed by atoms with van der Waals surface area (Å²) < 4.78 is 0. The maximum Gasteiger partial charge on any atom is 0.237 e. The van der Waals surface area contributed by atoms with Crippen LogP contribution in [0, 0.1) is 0 Å². The minimum absolute atomic E-state index is 0.0683. The third-order valence-electron chi connectivity index (χ3n) is 1.71. The van der Waals surface area contributed by atoms with Crippen molar-refractivity contribution in [2.75, 3.05) is 24.7 Å². The van der Waals surface area contributed by atoms with Crippen molar-refractivity contribution >= 4 is 29.3 Å². The standard InChI is InChI=1S/C7H12ClNOS/c1-6-5-9(2-3-11-6)7(10)4-8/h6H,2-5H2,1H3. The van der Waals surface area contributed by atoms with Crippen LogP contribution in [0.15, 0.2) is 0 Å². The molecule has 1 amide bonds. The average molecular weight is 194 g/mol. The van der Waals surface area contributed by atoms with E-state index in [1.54, 1.807) is 0 Å². The molecule has 2 nitrogen and oxygen atoms in total. The number of nitrogens with zero attached hydrogens (tertiary/aromatic N) is 1. The second kappa shape index (κ2) is 4.21. The van der Waals surface area contributed by atoms with Crippen molar-refractivity contribution in [1.29, 1.82) is 0 Å². The molecule has 0 bridgehead atoms. The molecule has 0 aromatic carbocycles. The molecule has 0 aliphatic carbocycles. The van der Waals surface area contributed by atoms with Crippen molar-refractivity contribution in [3.63, 3.8) is 0 Å². The van der Waals surface area contributed by atoms with Crippen LogP contribution in [0.3, 0.4) is 0 Å². The number of hydrogen-bond acceptors (Lipinski definition) is 2. The molecule has 1 aliphatic heterocycles. The van der Waals surface area contributed by atoms with Crippen molar-refractivity contribution in [3.8, 4) is 0 Å². The highest BCUT2D eigenvalue weighted by molar-refractivity contribution is 7.99. The number of hydrogen-bond donors (Lipinski definition) is 0. The molecule has 11 heavy (non-hydrogen) atoms. The van der Waals surface area contributed by atoms with Gasteiger partial charge in [0.05, 0.1) is 0 Å². The fourth-order valence-corrected chi connectivity index (χ4v) is 2.31. The molecule has 1 saturated heterocycles. The predicted octanol–water partition coefficient (Wildman–Crippen LogP) is 1.19. The van der Waals surface area contributed by atoms with Gasteiger partial charge in [-0.25, -0.2) is 0 Å². The zero-order chi connectivity index (χ0) is 8.27. The number of alkyl halides is 1. The first-order valence-corrected chi connectivity index (χ1v) is 5.27. The summed E-state index contributed by atoms with van der Waals surface area (Å²) in [5, 5.41) is 0.566. The number of amides is 1. The van der Waals surface area contributed by atoms with Gasteiger partial charge in [0.25, 0.3) is 0 Å². The van der Waals surface area contributed by atoms with E-state index in [0.717, 1.165) is 18.8 Å². The van der Waals surface area contributed by atoms with E-state index in [4.69, 9.17) is 11.6 Å². The van der Waals surface area contributed by atoms with Gasteiger partial charge in [0.15, 0.2) is 0 Å². The molecule has 0 radical (unpaired) electrons. The van der Waals surface area contributed by atoms with Crippen molar-refractivity contribution in [3.05, 3.63) is 0 Å². The Morgan fingerprint density at radius 1 is 1.82 bits per heavy atom. The normalized spacial score (nSPS) is 25.3. The molecule has 1 heterocycles. The first-order chi connectivity index (χ1) is 5.24. The Balaban J connectivity index is 2.39. The maximum atomic E-state index is 11.1. The molecule has 0 aromatic rings. The molecule has 0 saturated carbocycles. The number of thioether (sulfide) groups is 1. The van der Waals surface area contributed by atoms with Gasteiger partial charge in [0.1, 0.15) is 5.88 Å². The molecule has 1 rings (SSSR count). The third-order valence-corrected chi connectivity index (χ3v) is 3.07. The van der Waals surface area contributed by atoms with Gasteiger partial charge in [-0.05, 0) is 0 Å². The van der Waals surface area contributed by atoms with Crippen molar-refractivity contribution in [2.45, 2.75) is 12.2 Å². The lowest BCUT2D eigenvalue weighted by Gasteiger charge is -2.29. The Morgan fingerprint density at radius 2 is 2.55 bits per heavy atom. The van der Waals surface area contributed by atoms with E-state index in [-0.39, 0.29) is 11.8 Å². The summed E-state index contributed by atoms with van der Waals surface area (Å²) in [6.07, 6.45) is 0. The molecule has 0 spiro atoms. The highest BCUT2D eigenvalue weighted by Crippen LogP contribution is 2.17. The van der Waals surface area contributed by atoms with Crippen LogP contribution >= 0.6 is 23.4 Å². The van der Waals surface area contributed by atoms with Gasteiger partial charge in [-0.3, -0.25) is 4.79 Å². The van der Waals surface area contributed by atoms with Crippen LogP contribution in [0.25, 0.3) is 0 Å². The van der Waals surface area contributed by atoms with E-state index in [1.807, 2.05) is 16.7 Å². The summed E-state index contributed by atoms with van der Waals surface area (Å²) in [5.41, 5.74) is 0. The summed E-state index contributed by atoms with van der Waals surface area (Å²) >= 11 is 7.35. The second-order valence-corrected chi connectivity index (χ2v) is 4.47. The lowest BCUT2D eigenvalue weighted by Crippen LogP contribution is -2.41. The fraction of sp³-hybridized carbons (Fsp3) is 0.857. The molecule has 1 unspecified atom stereocenters. The molecule has 64 valence electrons. The summed E-state index contributed by atoms with van der Waals surface area (Å²) in [4.78, 5) is 12.9. The van der Waals surface area contributed by atoms with Crippen molar-refractivity contribution in [1.82, 2.24) is 4.90 Å². The first-order valence-electron chi connectivity index (χ1n) is 3.69. The minimum atomic E-state index is 0.0683. The van der Waals surface area contributed by atoms with Gasteiger partial charge >= 0.3 is 0 Å². The highest BCUT2D eigenvalue weighted by atomic mass is 35.5. The molecular formula is C7H12ClNOS. The largest absolute Gasteiger partial charge is 0.340 e. The first kappa shape index (κ1) is 9.20. The van der Waals surface area contributed by atoms with Gasteiger partial charge in [-0.15, -0.1) is 11.6 Å². The number of halogens is 1. The van der Waals surface area contributed by atoms with Gasteiger partial charge in [-0.2, -0.15) is 11.8 Å². The molecular weight excluding hydrogens is 182 g/mol. The van der Waals surface area contributed by atoms with Gasteiger partial charge in [-0.1, -0.05) is 6.92 Å². The van der Waals surface area contributed by atoms with Crippen LogP contribution < -0.4 is 0 Å². The Labute approximate surface area is 76.3 Å². The summed E-state index contributed by atoms with van der Waals surface area (Å²) in [6, 6.07) is 0. The second-order valence-electron chi connectivity index (χ2n) is 2.65. The fourth-order valence-electron chi connectivity index (χ4n) is 1.13. The van der Waals surface area contributed by atoms with Crippen LogP contribution in [0.2, 0.25) is 0 Å². The lowest BCUT2D eigenvalue weighted by molar-refractivity contribution is -0.128. The Hall–Kier alpha value is 0.110. The Kier molecular flexibility index (Phi) is 3.52. The smallest absolute Gasteiger partial charge is 0.237 e. The Morgan fingerprint density at radius 3 is 3.09 bits per heavy atom. The number of carbonyl (C=O) groups excluding carboxylic acids is 1. The van der Waals surface area contributed by atoms with E-state index >= 15 is 0 Å².